The maximum absolute atomic E-state index is 5.57. The number of ether oxygens (including phenoxy) is 1. The first-order chi connectivity index (χ1) is 6.95. The van der Waals surface area contributed by atoms with E-state index in [1.54, 1.807) is 11.3 Å². The van der Waals surface area contributed by atoms with Crippen LogP contribution < -0.4 is 0 Å². The summed E-state index contributed by atoms with van der Waals surface area (Å²) in [5, 5.41) is 2.07. The molecule has 0 bridgehead atoms. The minimum absolute atomic E-state index is 0.693. The standard InChI is InChI=1S/C12H12OS/c1-2-5-11(6-3-1)9-13-10-12-7-4-8-14-12/h1-8H,9-10H2. The second-order valence-electron chi connectivity index (χ2n) is 3.06. The van der Waals surface area contributed by atoms with Crippen LogP contribution in [0.25, 0.3) is 0 Å². The SMILES string of the molecule is c1ccc(COCc2cccs2)cc1. The quantitative estimate of drug-likeness (QED) is 0.741. The van der Waals surface area contributed by atoms with Gasteiger partial charge in [-0.1, -0.05) is 36.4 Å². The molecule has 1 aromatic heterocycles. The summed E-state index contributed by atoms with van der Waals surface area (Å²) in [6.07, 6.45) is 0. The Morgan fingerprint density at radius 1 is 0.929 bits per heavy atom. The van der Waals surface area contributed by atoms with Gasteiger partial charge in [0, 0.05) is 4.88 Å². The van der Waals surface area contributed by atoms with E-state index in [1.165, 1.54) is 10.4 Å². The fourth-order valence-corrected chi connectivity index (χ4v) is 1.88. The van der Waals surface area contributed by atoms with Crippen molar-refractivity contribution < 1.29 is 4.74 Å². The molecular weight excluding hydrogens is 192 g/mol. The summed E-state index contributed by atoms with van der Waals surface area (Å²) in [5.74, 6) is 0. The molecule has 0 aliphatic heterocycles. The predicted molar refractivity (Wildman–Crippen MR) is 59.3 cm³/mol. The first-order valence-corrected chi connectivity index (χ1v) is 5.47. The van der Waals surface area contributed by atoms with E-state index in [1.807, 2.05) is 24.3 Å². The van der Waals surface area contributed by atoms with E-state index in [0.717, 1.165) is 0 Å². The van der Waals surface area contributed by atoms with Crippen molar-refractivity contribution in [3.05, 3.63) is 58.3 Å². The summed E-state index contributed by atoms with van der Waals surface area (Å²) in [4.78, 5) is 1.28. The third kappa shape index (κ3) is 2.69. The van der Waals surface area contributed by atoms with Crippen molar-refractivity contribution >= 4 is 11.3 Å². The Bertz CT molecular complexity index is 353. The van der Waals surface area contributed by atoms with Gasteiger partial charge in [-0.05, 0) is 17.0 Å². The molecule has 2 rings (SSSR count). The van der Waals surface area contributed by atoms with E-state index in [-0.39, 0.29) is 0 Å². The Balaban J connectivity index is 1.79. The molecule has 0 fully saturated rings. The smallest absolute Gasteiger partial charge is 0.0813 e. The highest BCUT2D eigenvalue weighted by Crippen LogP contribution is 2.11. The lowest BCUT2D eigenvalue weighted by Crippen LogP contribution is -1.91. The molecule has 0 radical (unpaired) electrons. The average molecular weight is 204 g/mol. The van der Waals surface area contributed by atoms with Gasteiger partial charge in [0.2, 0.25) is 0 Å². The topological polar surface area (TPSA) is 9.23 Å². The Labute approximate surface area is 88.0 Å². The molecule has 0 saturated heterocycles. The predicted octanol–water partition coefficient (Wildman–Crippen LogP) is 3.46. The molecule has 1 heterocycles. The van der Waals surface area contributed by atoms with Crippen LogP contribution in [-0.4, -0.2) is 0 Å². The zero-order chi connectivity index (χ0) is 9.64. The maximum atomic E-state index is 5.57. The molecule has 0 aliphatic carbocycles. The normalized spacial score (nSPS) is 10.3. The van der Waals surface area contributed by atoms with Gasteiger partial charge in [0.05, 0.1) is 13.2 Å². The monoisotopic (exact) mass is 204 g/mol. The van der Waals surface area contributed by atoms with Gasteiger partial charge in [-0.25, -0.2) is 0 Å². The third-order valence-corrected chi connectivity index (χ3v) is 2.79. The molecule has 14 heavy (non-hydrogen) atoms. The van der Waals surface area contributed by atoms with Gasteiger partial charge in [-0.2, -0.15) is 0 Å². The van der Waals surface area contributed by atoms with Crippen molar-refractivity contribution in [3.63, 3.8) is 0 Å². The number of rotatable bonds is 4. The fourth-order valence-electron chi connectivity index (χ4n) is 1.24. The third-order valence-electron chi connectivity index (χ3n) is 1.94. The molecule has 0 amide bonds. The summed E-state index contributed by atoms with van der Waals surface area (Å²) in [7, 11) is 0. The first-order valence-electron chi connectivity index (χ1n) is 4.59. The fraction of sp³-hybridized carbons (Fsp3) is 0.167. The van der Waals surface area contributed by atoms with Crippen LogP contribution in [0.15, 0.2) is 47.8 Å². The van der Waals surface area contributed by atoms with E-state index in [2.05, 4.69) is 23.6 Å². The maximum Gasteiger partial charge on any atom is 0.0813 e. The van der Waals surface area contributed by atoms with E-state index in [4.69, 9.17) is 4.74 Å². The highest BCUT2D eigenvalue weighted by atomic mass is 32.1. The second-order valence-corrected chi connectivity index (χ2v) is 4.09. The average Bonchev–Trinajstić information content (AvgIpc) is 2.72. The summed E-state index contributed by atoms with van der Waals surface area (Å²) in [5.41, 5.74) is 1.23. The first kappa shape index (κ1) is 9.44. The van der Waals surface area contributed by atoms with Gasteiger partial charge < -0.3 is 4.74 Å². The Kier molecular flexibility index (Phi) is 3.33. The number of thiophene rings is 1. The van der Waals surface area contributed by atoms with E-state index in [9.17, 15) is 0 Å². The molecule has 2 heteroatoms. The van der Waals surface area contributed by atoms with Crippen LogP contribution in [0.2, 0.25) is 0 Å². The zero-order valence-electron chi connectivity index (χ0n) is 7.85. The van der Waals surface area contributed by atoms with Crippen LogP contribution in [0.3, 0.4) is 0 Å². The lowest BCUT2D eigenvalue weighted by atomic mass is 10.2. The van der Waals surface area contributed by atoms with Crippen LogP contribution in [0.1, 0.15) is 10.4 Å². The largest absolute Gasteiger partial charge is 0.371 e. The van der Waals surface area contributed by atoms with E-state index in [0.29, 0.717) is 13.2 Å². The molecule has 72 valence electrons. The van der Waals surface area contributed by atoms with Gasteiger partial charge in [0.1, 0.15) is 0 Å². The molecule has 0 unspecified atom stereocenters. The molecule has 0 spiro atoms. The van der Waals surface area contributed by atoms with Crippen LogP contribution in [0, 0.1) is 0 Å². The van der Waals surface area contributed by atoms with Crippen molar-refractivity contribution in [1.29, 1.82) is 0 Å². The lowest BCUT2D eigenvalue weighted by molar-refractivity contribution is 0.109. The van der Waals surface area contributed by atoms with Gasteiger partial charge in [0.25, 0.3) is 0 Å². The lowest BCUT2D eigenvalue weighted by Gasteiger charge is -2.01. The Morgan fingerprint density at radius 2 is 1.79 bits per heavy atom. The van der Waals surface area contributed by atoms with Crippen molar-refractivity contribution in [2.24, 2.45) is 0 Å². The van der Waals surface area contributed by atoms with Gasteiger partial charge >= 0.3 is 0 Å². The molecule has 2 aromatic rings. The van der Waals surface area contributed by atoms with Crippen LogP contribution in [0.4, 0.5) is 0 Å². The molecule has 1 aromatic carbocycles. The molecule has 0 aliphatic rings. The van der Waals surface area contributed by atoms with Crippen molar-refractivity contribution in [2.45, 2.75) is 13.2 Å². The summed E-state index contributed by atoms with van der Waals surface area (Å²) >= 11 is 1.73. The molecule has 0 atom stereocenters. The van der Waals surface area contributed by atoms with E-state index < -0.39 is 0 Å². The zero-order valence-corrected chi connectivity index (χ0v) is 8.67. The molecule has 0 N–H and O–H groups in total. The highest BCUT2D eigenvalue weighted by molar-refractivity contribution is 7.09. The minimum atomic E-state index is 0.693. The number of hydrogen-bond donors (Lipinski definition) is 0. The molecule has 0 saturated carbocycles. The molecular formula is C12H12OS. The van der Waals surface area contributed by atoms with Crippen LogP contribution in [0.5, 0.6) is 0 Å². The van der Waals surface area contributed by atoms with Crippen LogP contribution >= 0.6 is 11.3 Å². The highest BCUT2D eigenvalue weighted by Gasteiger charge is 1.94. The summed E-state index contributed by atoms with van der Waals surface area (Å²) in [6, 6.07) is 14.4. The second kappa shape index (κ2) is 4.94. The molecule has 1 nitrogen and oxygen atoms in total. The Morgan fingerprint density at radius 3 is 2.50 bits per heavy atom. The van der Waals surface area contributed by atoms with Gasteiger partial charge in [-0.15, -0.1) is 11.3 Å². The minimum Gasteiger partial charge on any atom is -0.371 e. The summed E-state index contributed by atoms with van der Waals surface area (Å²) < 4.78 is 5.57. The summed E-state index contributed by atoms with van der Waals surface area (Å²) in [6.45, 7) is 1.41. The van der Waals surface area contributed by atoms with E-state index >= 15 is 0 Å². The number of hydrogen-bond acceptors (Lipinski definition) is 2. The van der Waals surface area contributed by atoms with Crippen LogP contribution in [-0.2, 0) is 18.0 Å². The Hall–Kier alpha value is -1.12. The van der Waals surface area contributed by atoms with Gasteiger partial charge in [-0.3, -0.25) is 0 Å². The number of benzene rings is 1. The van der Waals surface area contributed by atoms with Crippen molar-refractivity contribution in [3.8, 4) is 0 Å². The van der Waals surface area contributed by atoms with Crippen molar-refractivity contribution in [2.75, 3.05) is 0 Å². The van der Waals surface area contributed by atoms with Crippen molar-refractivity contribution in [1.82, 2.24) is 0 Å². The van der Waals surface area contributed by atoms with Gasteiger partial charge in [0.15, 0.2) is 0 Å².